The summed E-state index contributed by atoms with van der Waals surface area (Å²) in [6.07, 6.45) is 3.53. The molecule has 1 heterocycles. The molecule has 0 fully saturated rings. The van der Waals surface area contributed by atoms with E-state index in [2.05, 4.69) is 34.9 Å². The van der Waals surface area contributed by atoms with Gasteiger partial charge in [-0.25, -0.2) is 9.97 Å². The standard InChI is InChI=1S/C14H18N4/c1-11(12-5-3-6-13(15)9-12)18(2)10-14-16-7-4-8-17-14/h3-9,11H,10,15H2,1-2H3. The summed E-state index contributed by atoms with van der Waals surface area (Å²) in [6.45, 7) is 2.87. The number of aromatic nitrogens is 2. The van der Waals surface area contributed by atoms with E-state index >= 15 is 0 Å². The number of nitrogens with two attached hydrogens (primary N) is 1. The first-order valence-electron chi connectivity index (χ1n) is 5.98. The van der Waals surface area contributed by atoms with Crippen LogP contribution in [-0.4, -0.2) is 21.9 Å². The van der Waals surface area contributed by atoms with Crippen molar-refractivity contribution in [2.45, 2.75) is 19.5 Å². The summed E-state index contributed by atoms with van der Waals surface area (Å²) in [6, 6.07) is 10.1. The van der Waals surface area contributed by atoms with Crippen LogP contribution in [0.15, 0.2) is 42.7 Å². The molecule has 0 saturated heterocycles. The molecule has 2 N–H and O–H groups in total. The van der Waals surface area contributed by atoms with Crippen LogP contribution in [0.4, 0.5) is 5.69 Å². The highest BCUT2D eigenvalue weighted by atomic mass is 15.1. The van der Waals surface area contributed by atoms with E-state index in [-0.39, 0.29) is 6.04 Å². The van der Waals surface area contributed by atoms with Crippen LogP contribution in [0.2, 0.25) is 0 Å². The van der Waals surface area contributed by atoms with Crippen LogP contribution in [0.25, 0.3) is 0 Å². The molecule has 18 heavy (non-hydrogen) atoms. The van der Waals surface area contributed by atoms with Crippen LogP contribution in [0.5, 0.6) is 0 Å². The molecule has 4 nitrogen and oxygen atoms in total. The van der Waals surface area contributed by atoms with Gasteiger partial charge in [-0.2, -0.15) is 0 Å². The van der Waals surface area contributed by atoms with E-state index in [1.165, 1.54) is 5.56 Å². The number of nitrogen functional groups attached to an aromatic ring is 1. The van der Waals surface area contributed by atoms with Crippen molar-refractivity contribution >= 4 is 5.69 Å². The molecule has 0 aliphatic carbocycles. The van der Waals surface area contributed by atoms with Gasteiger partial charge in [-0.3, -0.25) is 4.90 Å². The summed E-state index contributed by atoms with van der Waals surface area (Å²) in [5.74, 6) is 0.829. The summed E-state index contributed by atoms with van der Waals surface area (Å²) in [5, 5.41) is 0. The maximum atomic E-state index is 5.81. The minimum Gasteiger partial charge on any atom is -0.399 e. The smallest absolute Gasteiger partial charge is 0.142 e. The molecule has 0 aliphatic rings. The van der Waals surface area contributed by atoms with Crippen molar-refractivity contribution < 1.29 is 0 Å². The van der Waals surface area contributed by atoms with Gasteiger partial charge in [-0.1, -0.05) is 12.1 Å². The number of rotatable bonds is 4. The van der Waals surface area contributed by atoms with Crippen LogP contribution in [-0.2, 0) is 6.54 Å². The van der Waals surface area contributed by atoms with Gasteiger partial charge in [0.25, 0.3) is 0 Å². The zero-order valence-corrected chi connectivity index (χ0v) is 10.7. The lowest BCUT2D eigenvalue weighted by molar-refractivity contribution is 0.247. The average molecular weight is 242 g/mol. The van der Waals surface area contributed by atoms with Gasteiger partial charge in [0.2, 0.25) is 0 Å². The second kappa shape index (κ2) is 5.60. The lowest BCUT2D eigenvalue weighted by atomic mass is 10.1. The highest BCUT2D eigenvalue weighted by Crippen LogP contribution is 2.21. The van der Waals surface area contributed by atoms with Crippen molar-refractivity contribution in [1.82, 2.24) is 14.9 Å². The van der Waals surface area contributed by atoms with Crippen LogP contribution in [0, 0.1) is 0 Å². The van der Waals surface area contributed by atoms with Crippen LogP contribution in [0.3, 0.4) is 0 Å². The molecule has 2 rings (SSSR count). The van der Waals surface area contributed by atoms with Gasteiger partial charge in [0.1, 0.15) is 5.82 Å². The van der Waals surface area contributed by atoms with Crippen molar-refractivity contribution in [2.24, 2.45) is 0 Å². The maximum absolute atomic E-state index is 5.81. The fourth-order valence-corrected chi connectivity index (χ4v) is 1.84. The van der Waals surface area contributed by atoms with Crippen LogP contribution >= 0.6 is 0 Å². The molecule has 4 heteroatoms. The Labute approximate surface area is 107 Å². The first kappa shape index (κ1) is 12.5. The largest absolute Gasteiger partial charge is 0.399 e. The number of hydrogen-bond donors (Lipinski definition) is 1. The Kier molecular flexibility index (Phi) is 3.89. The molecular formula is C14H18N4. The normalized spacial score (nSPS) is 12.6. The zero-order chi connectivity index (χ0) is 13.0. The van der Waals surface area contributed by atoms with E-state index in [1.807, 2.05) is 24.3 Å². The summed E-state index contributed by atoms with van der Waals surface area (Å²) in [4.78, 5) is 10.7. The minimum atomic E-state index is 0.275. The van der Waals surface area contributed by atoms with E-state index in [4.69, 9.17) is 5.73 Å². The molecule has 0 radical (unpaired) electrons. The second-order valence-electron chi connectivity index (χ2n) is 4.43. The third kappa shape index (κ3) is 3.05. The molecule has 1 aromatic carbocycles. The minimum absolute atomic E-state index is 0.275. The fraction of sp³-hybridized carbons (Fsp3) is 0.286. The van der Waals surface area contributed by atoms with Crippen molar-refractivity contribution in [2.75, 3.05) is 12.8 Å². The molecule has 0 saturated carbocycles. The first-order chi connectivity index (χ1) is 8.66. The van der Waals surface area contributed by atoms with Crippen LogP contribution in [0.1, 0.15) is 24.4 Å². The summed E-state index contributed by atoms with van der Waals surface area (Å²) >= 11 is 0. The number of hydrogen-bond acceptors (Lipinski definition) is 4. The highest BCUT2D eigenvalue weighted by molar-refractivity contribution is 5.41. The van der Waals surface area contributed by atoms with E-state index in [0.29, 0.717) is 0 Å². The molecule has 0 amide bonds. The van der Waals surface area contributed by atoms with Crippen molar-refractivity contribution in [1.29, 1.82) is 0 Å². The second-order valence-corrected chi connectivity index (χ2v) is 4.43. The lowest BCUT2D eigenvalue weighted by Gasteiger charge is -2.24. The maximum Gasteiger partial charge on any atom is 0.142 e. The SMILES string of the molecule is CC(c1cccc(N)c1)N(C)Cc1ncccn1. The topological polar surface area (TPSA) is 55.0 Å². The molecule has 1 unspecified atom stereocenters. The molecule has 0 bridgehead atoms. The molecule has 1 aromatic heterocycles. The number of nitrogens with zero attached hydrogens (tertiary/aromatic N) is 3. The van der Waals surface area contributed by atoms with Crippen LogP contribution < -0.4 is 5.73 Å². The van der Waals surface area contributed by atoms with Crippen molar-refractivity contribution in [3.63, 3.8) is 0 Å². The van der Waals surface area contributed by atoms with Crippen molar-refractivity contribution in [3.05, 3.63) is 54.1 Å². The van der Waals surface area contributed by atoms with Gasteiger partial charge in [0.05, 0.1) is 6.54 Å². The fourth-order valence-electron chi connectivity index (χ4n) is 1.84. The Bertz CT molecular complexity index is 498. The lowest BCUT2D eigenvalue weighted by Crippen LogP contribution is -2.23. The Morgan fingerprint density at radius 3 is 2.61 bits per heavy atom. The Morgan fingerprint density at radius 1 is 1.22 bits per heavy atom. The third-order valence-electron chi connectivity index (χ3n) is 3.06. The van der Waals surface area contributed by atoms with Gasteiger partial charge >= 0.3 is 0 Å². The predicted octanol–water partition coefficient (Wildman–Crippen LogP) is 2.25. The van der Waals surface area contributed by atoms with E-state index in [1.54, 1.807) is 12.4 Å². The third-order valence-corrected chi connectivity index (χ3v) is 3.06. The Hall–Kier alpha value is -1.94. The monoisotopic (exact) mass is 242 g/mol. The molecular weight excluding hydrogens is 224 g/mol. The molecule has 94 valence electrons. The summed E-state index contributed by atoms with van der Waals surface area (Å²) < 4.78 is 0. The summed E-state index contributed by atoms with van der Waals surface area (Å²) in [5.41, 5.74) is 7.80. The highest BCUT2D eigenvalue weighted by Gasteiger charge is 2.12. The number of benzene rings is 1. The molecule has 1 atom stereocenters. The average Bonchev–Trinajstić information content (AvgIpc) is 2.39. The van der Waals surface area contributed by atoms with E-state index < -0.39 is 0 Å². The zero-order valence-electron chi connectivity index (χ0n) is 10.7. The van der Waals surface area contributed by atoms with Gasteiger partial charge in [0, 0.05) is 24.1 Å². The number of anilines is 1. The van der Waals surface area contributed by atoms with E-state index in [0.717, 1.165) is 18.1 Å². The van der Waals surface area contributed by atoms with Gasteiger partial charge in [-0.15, -0.1) is 0 Å². The van der Waals surface area contributed by atoms with Gasteiger partial charge in [-0.05, 0) is 37.7 Å². The Balaban J connectivity index is 2.07. The van der Waals surface area contributed by atoms with Gasteiger partial charge in [0.15, 0.2) is 0 Å². The van der Waals surface area contributed by atoms with Crippen molar-refractivity contribution in [3.8, 4) is 0 Å². The Morgan fingerprint density at radius 2 is 1.94 bits per heavy atom. The van der Waals surface area contributed by atoms with Gasteiger partial charge < -0.3 is 5.73 Å². The predicted molar refractivity (Wildman–Crippen MR) is 72.8 cm³/mol. The quantitative estimate of drug-likeness (QED) is 0.835. The summed E-state index contributed by atoms with van der Waals surface area (Å²) in [7, 11) is 2.06. The first-order valence-corrected chi connectivity index (χ1v) is 5.98. The molecule has 2 aromatic rings. The molecule has 0 spiro atoms. The van der Waals surface area contributed by atoms with E-state index in [9.17, 15) is 0 Å². The molecule has 0 aliphatic heterocycles.